The highest BCUT2D eigenvalue weighted by Gasteiger charge is 2.15. The summed E-state index contributed by atoms with van der Waals surface area (Å²) in [7, 11) is 0. The van der Waals surface area contributed by atoms with Crippen LogP contribution in [-0.2, 0) is 4.79 Å². The number of carbonyl (C=O) groups is 1. The Kier molecular flexibility index (Phi) is 2.98. The lowest BCUT2D eigenvalue weighted by atomic mass is 9.90. The van der Waals surface area contributed by atoms with Gasteiger partial charge in [0.2, 0.25) is 0 Å². The summed E-state index contributed by atoms with van der Waals surface area (Å²) in [6.07, 6.45) is 0. The molecule has 0 saturated heterocycles. The Hall–Kier alpha value is -1.57. The van der Waals surface area contributed by atoms with Crippen molar-refractivity contribution in [3.05, 3.63) is 40.5 Å². The lowest BCUT2D eigenvalue weighted by molar-refractivity contribution is -0.130. The molecule has 2 nitrogen and oxygen atoms in total. The monoisotopic (exact) mass is 204 g/mol. The van der Waals surface area contributed by atoms with Gasteiger partial charge >= 0.3 is 5.97 Å². The number of aryl methyl sites for hydroxylation is 2. The van der Waals surface area contributed by atoms with E-state index in [2.05, 4.69) is 12.6 Å². The van der Waals surface area contributed by atoms with Crippen LogP contribution in [0.1, 0.15) is 27.8 Å². The van der Waals surface area contributed by atoms with Crippen LogP contribution in [0, 0.1) is 27.7 Å². The molecule has 2 heteroatoms. The van der Waals surface area contributed by atoms with Gasteiger partial charge in [0.15, 0.2) is 0 Å². The number of benzene rings is 1. The molecule has 0 aliphatic rings. The molecule has 0 amide bonds. The van der Waals surface area contributed by atoms with Gasteiger partial charge in [0.05, 0.1) is 5.57 Å². The average molecular weight is 204 g/mol. The van der Waals surface area contributed by atoms with Crippen molar-refractivity contribution in [1.82, 2.24) is 0 Å². The standard InChI is InChI=1S/C13H16O2/c1-7-6-8(2)10(4)12(9(7)3)11(5)13(14)15/h6H,5H2,1-4H3,(H,14,15). The molecule has 0 saturated carbocycles. The second-order valence-electron chi connectivity index (χ2n) is 3.92. The number of carboxylic acids is 1. The van der Waals surface area contributed by atoms with Crippen molar-refractivity contribution in [3.63, 3.8) is 0 Å². The van der Waals surface area contributed by atoms with Crippen LogP contribution in [0.15, 0.2) is 12.6 Å². The van der Waals surface area contributed by atoms with E-state index in [0.29, 0.717) is 0 Å². The fourth-order valence-electron chi connectivity index (χ4n) is 1.78. The summed E-state index contributed by atoms with van der Waals surface area (Å²) in [6, 6.07) is 2.07. The predicted molar refractivity (Wildman–Crippen MR) is 62.1 cm³/mol. The summed E-state index contributed by atoms with van der Waals surface area (Å²) in [4.78, 5) is 10.9. The molecule has 0 aliphatic heterocycles. The summed E-state index contributed by atoms with van der Waals surface area (Å²) in [5, 5.41) is 8.97. The van der Waals surface area contributed by atoms with Crippen LogP contribution in [0.25, 0.3) is 5.57 Å². The number of hydrogen-bond donors (Lipinski definition) is 1. The SMILES string of the molecule is C=C(C(=O)O)c1c(C)c(C)cc(C)c1C. The zero-order valence-electron chi connectivity index (χ0n) is 9.64. The molecule has 0 radical (unpaired) electrons. The first-order chi connectivity index (χ1) is 6.86. The summed E-state index contributed by atoms with van der Waals surface area (Å²) >= 11 is 0. The quantitative estimate of drug-likeness (QED) is 0.752. The highest BCUT2D eigenvalue weighted by Crippen LogP contribution is 2.27. The van der Waals surface area contributed by atoms with E-state index in [9.17, 15) is 4.79 Å². The second kappa shape index (κ2) is 3.89. The van der Waals surface area contributed by atoms with Crippen molar-refractivity contribution >= 4 is 11.5 Å². The van der Waals surface area contributed by atoms with Gasteiger partial charge in [0.25, 0.3) is 0 Å². The van der Waals surface area contributed by atoms with Crippen LogP contribution >= 0.6 is 0 Å². The minimum absolute atomic E-state index is 0.178. The van der Waals surface area contributed by atoms with Crippen LogP contribution in [0.2, 0.25) is 0 Å². The third-order valence-corrected chi connectivity index (χ3v) is 2.93. The van der Waals surface area contributed by atoms with Crippen molar-refractivity contribution in [2.75, 3.05) is 0 Å². The summed E-state index contributed by atoms with van der Waals surface area (Å²) in [5.74, 6) is -0.953. The maximum atomic E-state index is 10.9. The van der Waals surface area contributed by atoms with Gasteiger partial charge in [0, 0.05) is 0 Å². The molecule has 0 heterocycles. The van der Waals surface area contributed by atoms with Crippen LogP contribution < -0.4 is 0 Å². The first-order valence-corrected chi connectivity index (χ1v) is 4.86. The van der Waals surface area contributed by atoms with E-state index in [1.54, 1.807) is 0 Å². The van der Waals surface area contributed by atoms with Crippen LogP contribution in [0.5, 0.6) is 0 Å². The first kappa shape index (κ1) is 11.5. The molecule has 0 spiro atoms. The van der Waals surface area contributed by atoms with Crippen molar-refractivity contribution in [1.29, 1.82) is 0 Å². The van der Waals surface area contributed by atoms with Gasteiger partial charge in [0.1, 0.15) is 0 Å². The Labute approximate surface area is 90.3 Å². The van der Waals surface area contributed by atoms with Crippen molar-refractivity contribution in [3.8, 4) is 0 Å². The molecular weight excluding hydrogens is 188 g/mol. The number of carboxylic acid groups (broad SMARTS) is 1. The average Bonchev–Trinajstić information content (AvgIpc) is 2.15. The first-order valence-electron chi connectivity index (χ1n) is 4.86. The molecule has 0 aliphatic carbocycles. The summed E-state index contributed by atoms with van der Waals surface area (Å²) < 4.78 is 0. The molecule has 0 fully saturated rings. The zero-order chi connectivity index (χ0) is 11.7. The molecule has 15 heavy (non-hydrogen) atoms. The van der Waals surface area contributed by atoms with E-state index < -0.39 is 5.97 Å². The number of aliphatic carboxylic acids is 1. The highest BCUT2D eigenvalue weighted by atomic mass is 16.4. The van der Waals surface area contributed by atoms with Gasteiger partial charge in [-0.15, -0.1) is 0 Å². The molecule has 1 N–H and O–H groups in total. The third kappa shape index (κ3) is 1.94. The Morgan fingerprint density at radius 2 is 1.53 bits per heavy atom. The van der Waals surface area contributed by atoms with Crippen LogP contribution in [0.4, 0.5) is 0 Å². The second-order valence-corrected chi connectivity index (χ2v) is 3.92. The maximum Gasteiger partial charge on any atom is 0.335 e. The van der Waals surface area contributed by atoms with Crippen molar-refractivity contribution in [2.24, 2.45) is 0 Å². The third-order valence-electron chi connectivity index (χ3n) is 2.93. The molecule has 0 aromatic heterocycles. The Morgan fingerprint density at radius 3 is 1.87 bits per heavy atom. The zero-order valence-corrected chi connectivity index (χ0v) is 9.64. The highest BCUT2D eigenvalue weighted by molar-refractivity contribution is 6.15. The van der Waals surface area contributed by atoms with Crippen LogP contribution in [-0.4, -0.2) is 11.1 Å². The Morgan fingerprint density at radius 1 is 1.13 bits per heavy atom. The molecule has 80 valence electrons. The fourth-order valence-corrected chi connectivity index (χ4v) is 1.78. The van der Waals surface area contributed by atoms with E-state index in [1.165, 1.54) is 0 Å². The molecule has 1 rings (SSSR count). The van der Waals surface area contributed by atoms with Crippen LogP contribution in [0.3, 0.4) is 0 Å². The molecule has 1 aromatic rings. The molecular formula is C13H16O2. The number of hydrogen-bond acceptors (Lipinski definition) is 1. The Balaban J connectivity index is 3.53. The largest absolute Gasteiger partial charge is 0.478 e. The van der Waals surface area contributed by atoms with E-state index in [1.807, 2.05) is 27.7 Å². The lowest BCUT2D eigenvalue weighted by Gasteiger charge is -2.14. The molecule has 0 bridgehead atoms. The van der Waals surface area contributed by atoms with E-state index in [0.717, 1.165) is 27.8 Å². The minimum Gasteiger partial charge on any atom is -0.478 e. The molecule has 0 unspecified atom stereocenters. The van der Waals surface area contributed by atoms with Gasteiger partial charge in [-0.2, -0.15) is 0 Å². The number of rotatable bonds is 2. The fraction of sp³-hybridized carbons (Fsp3) is 0.308. The van der Waals surface area contributed by atoms with E-state index >= 15 is 0 Å². The van der Waals surface area contributed by atoms with Gasteiger partial charge < -0.3 is 5.11 Å². The Bertz CT molecular complexity index is 416. The lowest BCUT2D eigenvalue weighted by Crippen LogP contribution is -2.05. The van der Waals surface area contributed by atoms with Gasteiger partial charge in [-0.25, -0.2) is 4.79 Å². The van der Waals surface area contributed by atoms with Gasteiger partial charge in [-0.05, 0) is 55.5 Å². The van der Waals surface area contributed by atoms with Gasteiger partial charge in [-0.3, -0.25) is 0 Å². The maximum absolute atomic E-state index is 10.9. The van der Waals surface area contributed by atoms with E-state index in [-0.39, 0.29) is 5.57 Å². The van der Waals surface area contributed by atoms with Gasteiger partial charge in [-0.1, -0.05) is 12.6 Å². The smallest absolute Gasteiger partial charge is 0.335 e. The molecule has 1 aromatic carbocycles. The summed E-state index contributed by atoms with van der Waals surface area (Å²) in [6.45, 7) is 11.5. The van der Waals surface area contributed by atoms with E-state index in [4.69, 9.17) is 5.11 Å². The summed E-state index contributed by atoms with van der Waals surface area (Å²) in [5.41, 5.74) is 5.18. The topological polar surface area (TPSA) is 37.3 Å². The normalized spacial score (nSPS) is 10.1. The minimum atomic E-state index is -0.953. The predicted octanol–water partition coefficient (Wildman–Crippen LogP) is 3.02. The van der Waals surface area contributed by atoms with Crippen molar-refractivity contribution in [2.45, 2.75) is 27.7 Å². The van der Waals surface area contributed by atoms with Crippen molar-refractivity contribution < 1.29 is 9.90 Å². The molecule has 0 atom stereocenters.